The highest BCUT2D eigenvalue weighted by Gasteiger charge is 2.14. The molecule has 4 heteroatoms. The predicted octanol–water partition coefficient (Wildman–Crippen LogP) is 3.43. The van der Waals surface area contributed by atoms with Crippen LogP contribution < -0.4 is 5.73 Å². The molecule has 0 bridgehead atoms. The van der Waals surface area contributed by atoms with Gasteiger partial charge in [0.25, 0.3) is 0 Å². The van der Waals surface area contributed by atoms with Crippen molar-refractivity contribution in [2.75, 3.05) is 6.61 Å². The minimum absolute atomic E-state index is 0.0822. The molecule has 1 rings (SSSR count). The van der Waals surface area contributed by atoms with E-state index in [4.69, 9.17) is 10.5 Å². The van der Waals surface area contributed by atoms with Crippen molar-refractivity contribution in [3.05, 3.63) is 16.1 Å². The monoisotopic (exact) mass is 242 g/mol. The molecule has 0 spiro atoms. The van der Waals surface area contributed by atoms with E-state index < -0.39 is 0 Å². The lowest BCUT2D eigenvalue weighted by molar-refractivity contribution is 0.0760. The minimum atomic E-state index is 0.0822. The van der Waals surface area contributed by atoms with E-state index >= 15 is 0 Å². The van der Waals surface area contributed by atoms with Gasteiger partial charge in [0.15, 0.2) is 0 Å². The Hall–Kier alpha value is -0.450. The highest BCUT2D eigenvalue weighted by Crippen LogP contribution is 2.25. The Bertz CT molecular complexity index is 301. The van der Waals surface area contributed by atoms with Gasteiger partial charge in [0.2, 0.25) is 0 Å². The third-order valence-electron chi connectivity index (χ3n) is 2.55. The van der Waals surface area contributed by atoms with Crippen LogP contribution in [0.5, 0.6) is 0 Å². The molecule has 0 saturated carbocycles. The van der Waals surface area contributed by atoms with E-state index in [0.717, 1.165) is 30.2 Å². The number of unbranched alkanes of at least 4 members (excludes halogenated alkanes) is 1. The van der Waals surface area contributed by atoms with Crippen LogP contribution in [-0.4, -0.2) is 11.6 Å². The zero-order valence-electron chi connectivity index (χ0n) is 10.4. The molecule has 2 N–H and O–H groups in total. The molecule has 92 valence electrons. The van der Waals surface area contributed by atoms with Crippen LogP contribution in [0.2, 0.25) is 0 Å². The van der Waals surface area contributed by atoms with E-state index in [2.05, 4.69) is 17.3 Å². The molecule has 16 heavy (non-hydrogen) atoms. The first-order valence-electron chi connectivity index (χ1n) is 6.01. The summed E-state index contributed by atoms with van der Waals surface area (Å²) in [6.07, 6.45) is 3.44. The second-order valence-corrected chi connectivity index (χ2v) is 4.85. The van der Waals surface area contributed by atoms with Gasteiger partial charge in [0.05, 0.1) is 5.69 Å². The summed E-state index contributed by atoms with van der Waals surface area (Å²) < 4.78 is 5.51. The molecule has 2 atom stereocenters. The van der Waals surface area contributed by atoms with Crippen molar-refractivity contribution in [1.29, 1.82) is 0 Å². The first kappa shape index (κ1) is 13.6. The van der Waals surface area contributed by atoms with E-state index in [0.29, 0.717) is 0 Å². The van der Waals surface area contributed by atoms with Crippen LogP contribution >= 0.6 is 11.3 Å². The van der Waals surface area contributed by atoms with E-state index in [1.807, 2.05) is 13.8 Å². The summed E-state index contributed by atoms with van der Waals surface area (Å²) in [5, 5.41) is 3.09. The van der Waals surface area contributed by atoms with Gasteiger partial charge in [-0.05, 0) is 20.3 Å². The first-order chi connectivity index (χ1) is 7.69. The molecule has 0 radical (unpaired) electrons. The number of rotatable bonds is 7. The SMILES string of the molecule is CCCCC(N)c1csc(C(C)OCC)n1. The molecule has 0 fully saturated rings. The summed E-state index contributed by atoms with van der Waals surface area (Å²) >= 11 is 1.64. The third-order valence-corrected chi connectivity index (χ3v) is 3.58. The molecule has 0 aliphatic carbocycles. The van der Waals surface area contributed by atoms with Gasteiger partial charge < -0.3 is 10.5 Å². The van der Waals surface area contributed by atoms with E-state index in [1.54, 1.807) is 11.3 Å². The number of hydrogen-bond donors (Lipinski definition) is 1. The summed E-state index contributed by atoms with van der Waals surface area (Å²) in [5.41, 5.74) is 7.09. The number of ether oxygens (including phenoxy) is 1. The zero-order valence-corrected chi connectivity index (χ0v) is 11.2. The van der Waals surface area contributed by atoms with Crippen LogP contribution in [-0.2, 0) is 4.74 Å². The van der Waals surface area contributed by atoms with Gasteiger partial charge in [-0.1, -0.05) is 19.8 Å². The van der Waals surface area contributed by atoms with Gasteiger partial charge >= 0.3 is 0 Å². The van der Waals surface area contributed by atoms with Crippen molar-refractivity contribution in [1.82, 2.24) is 4.98 Å². The van der Waals surface area contributed by atoms with Gasteiger partial charge in [-0.3, -0.25) is 0 Å². The Morgan fingerprint density at radius 3 is 2.88 bits per heavy atom. The van der Waals surface area contributed by atoms with Gasteiger partial charge in [-0.15, -0.1) is 11.3 Å². The number of nitrogens with zero attached hydrogens (tertiary/aromatic N) is 1. The van der Waals surface area contributed by atoms with Gasteiger partial charge in [0.1, 0.15) is 11.1 Å². The summed E-state index contributed by atoms with van der Waals surface area (Å²) in [7, 11) is 0. The van der Waals surface area contributed by atoms with Crippen molar-refractivity contribution in [3.63, 3.8) is 0 Å². The number of thiazole rings is 1. The highest BCUT2D eigenvalue weighted by molar-refractivity contribution is 7.09. The van der Waals surface area contributed by atoms with Crippen LogP contribution in [0.25, 0.3) is 0 Å². The summed E-state index contributed by atoms with van der Waals surface area (Å²) in [6, 6.07) is 0.0822. The van der Waals surface area contributed by atoms with Crippen LogP contribution in [0.1, 0.15) is 62.9 Å². The molecular formula is C12H22N2OS. The molecule has 0 aliphatic rings. The van der Waals surface area contributed by atoms with Crippen LogP contribution in [0.15, 0.2) is 5.38 Å². The summed E-state index contributed by atoms with van der Waals surface area (Å²) in [5.74, 6) is 0. The molecule has 1 heterocycles. The normalized spacial score (nSPS) is 15.0. The molecule has 0 aliphatic heterocycles. The molecule has 0 aromatic carbocycles. The van der Waals surface area contributed by atoms with Crippen molar-refractivity contribution < 1.29 is 4.74 Å². The van der Waals surface area contributed by atoms with E-state index in [9.17, 15) is 0 Å². The second kappa shape index (κ2) is 6.99. The van der Waals surface area contributed by atoms with E-state index in [1.165, 1.54) is 6.42 Å². The van der Waals surface area contributed by atoms with Crippen molar-refractivity contribution >= 4 is 11.3 Å². The maximum atomic E-state index is 6.07. The quantitative estimate of drug-likeness (QED) is 0.797. The lowest BCUT2D eigenvalue weighted by atomic mass is 10.1. The second-order valence-electron chi connectivity index (χ2n) is 3.96. The largest absolute Gasteiger partial charge is 0.372 e. The molecule has 1 aromatic heterocycles. The van der Waals surface area contributed by atoms with Crippen LogP contribution in [0, 0.1) is 0 Å². The Kier molecular flexibility index (Phi) is 5.95. The van der Waals surface area contributed by atoms with Gasteiger partial charge in [0, 0.05) is 18.0 Å². The molecule has 0 amide bonds. The average molecular weight is 242 g/mol. The van der Waals surface area contributed by atoms with Crippen LogP contribution in [0.3, 0.4) is 0 Å². The standard InChI is InChI=1S/C12H22N2OS/c1-4-6-7-10(13)11-8-16-12(14-11)9(3)15-5-2/h8-10H,4-7,13H2,1-3H3. The predicted molar refractivity (Wildman–Crippen MR) is 68.6 cm³/mol. The smallest absolute Gasteiger partial charge is 0.122 e. The van der Waals surface area contributed by atoms with Gasteiger partial charge in [-0.2, -0.15) is 0 Å². The zero-order chi connectivity index (χ0) is 12.0. The maximum absolute atomic E-state index is 6.07. The average Bonchev–Trinajstić information content (AvgIpc) is 2.75. The highest BCUT2D eigenvalue weighted by atomic mass is 32.1. The summed E-state index contributed by atoms with van der Waals surface area (Å²) in [6.45, 7) is 6.93. The van der Waals surface area contributed by atoms with E-state index in [-0.39, 0.29) is 12.1 Å². The lowest BCUT2D eigenvalue weighted by Crippen LogP contribution is -2.11. The number of nitrogens with two attached hydrogens (primary N) is 1. The fourth-order valence-corrected chi connectivity index (χ4v) is 2.44. The summed E-state index contributed by atoms with van der Waals surface area (Å²) in [4.78, 5) is 4.55. The van der Waals surface area contributed by atoms with Crippen LogP contribution in [0.4, 0.5) is 0 Å². The Labute approximate surface area is 102 Å². The first-order valence-corrected chi connectivity index (χ1v) is 6.89. The van der Waals surface area contributed by atoms with Crippen molar-refractivity contribution in [3.8, 4) is 0 Å². The fourth-order valence-electron chi connectivity index (χ4n) is 1.55. The number of aromatic nitrogens is 1. The topological polar surface area (TPSA) is 48.1 Å². The number of hydrogen-bond acceptors (Lipinski definition) is 4. The minimum Gasteiger partial charge on any atom is -0.372 e. The molecule has 3 nitrogen and oxygen atoms in total. The van der Waals surface area contributed by atoms with Gasteiger partial charge in [-0.25, -0.2) is 4.98 Å². The van der Waals surface area contributed by atoms with Crippen molar-refractivity contribution in [2.45, 2.75) is 52.2 Å². The molecule has 2 unspecified atom stereocenters. The van der Waals surface area contributed by atoms with Crippen molar-refractivity contribution in [2.24, 2.45) is 5.73 Å². The fraction of sp³-hybridized carbons (Fsp3) is 0.750. The molecular weight excluding hydrogens is 220 g/mol. The third kappa shape index (κ3) is 3.85. The Morgan fingerprint density at radius 2 is 2.25 bits per heavy atom. The molecule has 0 saturated heterocycles. The maximum Gasteiger partial charge on any atom is 0.122 e. The Balaban J connectivity index is 2.56. The Morgan fingerprint density at radius 1 is 1.50 bits per heavy atom. The molecule has 1 aromatic rings. The lowest BCUT2D eigenvalue weighted by Gasteiger charge is -2.09.